The number of β-lactam (4-membered cyclic amide) rings is 1. The van der Waals surface area contributed by atoms with Gasteiger partial charge in [-0.05, 0) is 12.5 Å². The van der Waals surface area contributed by atoms with Crippen LogP contribution in [0.5, 0.6) is 0 Å². The summed E-state index contributed by atoms with van der Waals surface area (Å²) in [6, 6.07) is 0.692. The lowest BCUT2D eigenvalue weighted by Gasteiger charge is -2.49. The predicted molar refractivity (Wildman–Crippen MR) is 109 cm³/mol. The number of nitrogens with zero attached hydrogens (tertiary/aromatic N) is 4. The highest BCUT2D eigenvalue weighted by Crippen LogP contribution is 2.41. The number of hydrogen-bond donors (Lipinski definition) is 2. The van der Waals surface area contributed by atoms with Gasteiger partial charge in [0.1, 0.15) is 22.1 Å². The van der Waals surface area contributed by atoms with Crippen molar-refractivity contribution in [2.75, 3.05) is 17.8 Å². The molecule has 0 aliphatic carbocycles. The fraction of sp³-hybridized carbons (Fsp3) is 0.467. The van der Waals surface area contributed by atoms with Crippen LogP contribution in [-0.2, 0) is 25.2 Å². The van der Waals surface area contributed by atoms with Crippen molar-refractivity contribution in [2.45, 2.75) is 27.9 Å². The zero-order valence-corrected chi connectivity index (χ0v) is 18.4. The van der Waals surface area contributed by atoms with Gasteiger partial charge < -0.3 is 10.4 Å². The average Bonchev–Trinajstić information content (AvgIpc) is 3.08. The first kappa shape index (κ1) is 21.8. The maximum absolute atomic E-state index is 12.6. The van der Waals surface area contributed by atoms with Crippen molar-refractivity contribution in [1.29, 1.82) is 5.26 Å². The Balaban J connectivity index is 1.74. The SMILES string of the molecule is Cc1nnc(SCC2=C(C(=O)O)N3C(=O)C(NC(=O)C(C#N)S(C)=O)[C@@H]3SC2)s1. The molecule has 2 aliphatic rings. The molecule has 2 aliphatic heterocycles. The van der Waals surface area contributed by atoms with Gasteiger partial charge in [0.05, 0.1) is 6.07 Å². The number of fused-ring (bicyclic) bond motifs is 1. The third-order valence-corrected chi connectivity index (χ3v) is 8.49. The number of aromatic nitrogens is 2. The Morgan fingerprint density at radius 1 is 1.52 bits per heavy atom. The number of rotatable bonds is 7. The summed E-state index contributed by atoms with van der Waals surface area (Å²) in [5.41, 5.74) is 0.494. The summed E-state index contributed by atoms with van der Waals surface area (Å²) in [6.07, 6.45) is 1.23. The number of carbonyl (C=O) groups excluding carboxylic acids is 2. The summed E-state index contributed by atoms with van der Waals surface area (Å²) in [5, 5.41) is 27.8. The predicted octanol–water partition coefficient (Wildman–Crippen LogP) is -0.0521. The number of hydrogen-bond acceptors (Lipinski definition) is 10. The van der Waals surface area contributed by atoms with Gasteiger partial charge in [0.25, 0.3) is 11.8 Å². The van der Waals surface area contributed by atoms with Crippen molar-refractivity contribution < 1.29 is 23.7 Å². The molecule has 14 heteroatoms. The van der Waals surface area contributed by atoms with E-state index in [1.54, 1.807) is 6.07 Å². The molecule has 3 rings (SSSR count). The van der Waals surface area contributed by atoms with Crippen LogP contribution in [0.2, 0.25) is 0 Å². The minimum absolute atomic E-state index is 0.0890. The van der Waals surface area contributed by atoms with E-state index in [9.17, 15) is 23.7 Å². The van der Waals surface area contributed by atoms with E-state index in [4.69, 9.17) is 5.26 Å². The largest absolute Gasteiger partial charge is 0.477 e. The third kappa shape index (κ3) is 4.32. The Morgan fingerprint density at radius 3 is 2.79 bits per heavy atom. The zero-order valence-electron chi connectivity index (χ0n) is 15.1. The van der Waals surface area contributed by atoms with Crippen molar-refractivity contribution >= 4 is 63.4 Å². The smallest absolute Gasteiger partial charge is 0.352 e. The van der Waals surface area contributed by atoms with Crippen molar-refractivity contribution in [2.24, 2.45) is 0 Å². The lowest BCUT2D eigenvalue weighted by atomic mass is 10.0. The molecule has 10 nitrogen and oxygen atoms in total. The van der Waals surface area contributed by atoms with Crippen LogP contribution in [0.25, 0.3) is 0 Å². The van der Waals surface area contributed by atoms with Gasteiger partial charge in [-0.2, -0.15) is 5.26 Å². The van der Waals surface area contributed by atoms with Gasteiger partial charge in [-0.25, -0.2) is 4.79 Å². The number of nitrogens with one attached hydrogen (secondary N) is 1. The highest BCUT2D eigenvalue weighted by atomic mass is 32.2. The molecule has 0 aromatic carbocycles. The van der Waals surface area contributed by atoms with E-state index in [1.165, 1.54) is 41.1 Å². The number of aliphatic carboxylic acids is 1. The second kappa shape index (κ2) is 8.82. The van der Waals surface area contributed by atoms with Crippen molar-refractivity contribution in [3.05, 3.63) is 16.3 Å². The molecule has 1 saturated heterocycles. The van der Waals surface area contributed by atoms with E-state index in [1.807, 2.05) is 6.92 Å². The highest BCUT2D eigenvalue weighted by molar-refractivity contribution is 8.01. The van der Waals surface area contributed by atoms with E-state index >= 15 is 0 Å². The van der Waals surface area contributed by atoms with Gasteiger partial charge >= 0.3 is 5.97 Å². The monoisotopic (exact) mass is 473 g/mol. The number of nitriles is 1. The first-order valence-corrected chi connectivity index (χ1v) is 12.6. The quantitative estimate of drug-likeness (QED) is 0.407. The first-order valence-electron chi connectivity index (χ1n) is 8.09. The molecule has 4 atom stereocenters. The van der Waals surface area contributed by atoms with Gasteiger partial charge in [0.15, 0.2) is 9.59 Å². The summed E-state index contributed by atoms with van der Waals surface area (Å²) in [4.78, 5) is 37.7. The van der Waals surface area contributed by atoms with Crippen LogP contribution in [-0.4, -0.2) is 76.6 Å². The van der Waals surface area contributed by atoms with Crippen LogP contribution in [0, 0.1) is 18.3 Å². The molecule has 3 unspecified atom stereocenters. The van der Waals surface area contributed by atoms with E-state index < -0.39 is 45.2 Å². The van der Waals surface area contributed by atoms with Crippen LogP contribution in [0.1, 0.15) is 5.01 Å². The number of aryl methyl sites for hydroxylation is 1. The molecule has 0 spiro atoms. The molecule has 154 valence electrons. The number of carboxylic acid groups (broad SMARTS) is 1. The Hall–Kier alpha value is -1.95. The third-order valence-electron chi connectivity index (χ3n) is 4.11. The maximum Gasteiger partial charge on any atom is 0.352 e. The van der Waals surface area contributed by atoms with Gasteiger partial charge in [-0.3, -0.25) is 18.7 Å². The summed E-state index contributed by atoms with van der Waals surface area (Å²) in [6.45, 7) is 1.82. The second-order valence-corrected chi connectivity index (χ2v) is 11.0. The van der Waals surface area contributed by atoms with Crippen LogP contribution in [0.3, 0.4) is 0 Å². The molecule has 2 amide bonds. The fourth-order valence-electron chi connectivity index (χ4n) is 2.79. The van der Waals surface area contributed by atoms with Crippen molar-refractivity contribution in [3.8, 4) is 6.07 Å². The standard InChI is InChI=1S/C15H15N5O5S4/c1-6-18-19-15(28-6)27-5-7-4-26-13-9(12(22)20(13)10(7)14(23)24)17-11(21)8(3-16)29(2)25/h8-9,13H,4-5H2,1-2H3,(H,17,21)(H,23,24)/t8?,9?,13-,29?/m0/s1. The van der Waals surface area contributed by atoms with Crippen molar-refractivity contribution in [1.82, 2.24) is 20.4 Å². The lowest BCUT2D eigenvalue weighted by Crippen LogP contribution is -2.71. The average molecular weight is 474 g/mol. The van der Waals surface area contributed by atoms with Crippen LogP contribution < -0.4 is 5.32 Å². The number of thioether (sulfide) groups is 2. The first-order chi connectivity index (χ1) is 13.7. The van der Waals surface area contributed by atoms with Gasteiger partial charge in [0.2, 0.25) is 0 Å². The molecule has 2 N–H and O–H groups in total. The van der Waals surface area contributed by atoms with Crippen LogP contribution in [0.4, 0.5) is 0 Å². The zero-order chi connectivity index (χ0) is 21.3. The Labute approximate surface area is 180 Å². The molecule has 3 heterocycles. The van der Waals surface area contributed by atoms with E-state index in [2.05, 4.69) is 15.5 Å². The summed E-state index contributed by atoms with van der Waals surface area (Å²) in [7, 11) is -1.71. The van der Waals surface area contributed by atoms with E-state index in [-0.39, 0.29) is 5.70 Å². The molecular weight excluding hydrogens is 458 g/mol. The molecular formula is C15H15N5O5S4. The van der Waals surface area contributed by atoms with Crippen LogP contribution >= 0.6 is 34.9 Å². The Bertz CT molecular complexity index is 971. The molecule has 1 fully saturated rings. The maximum atomic E-state index is 12.6. The van der Waals surface area contributed by atoms with Crippen molar-refractivity contribution in [3.63, 3.8) is 0 Å². The molecule has 0 radical (unpaired) electrons. The molecule has 0 bridgehead atoms. The van der Waals surface area contributed by atoms with E-state index in [0.717, 1.165) is 9.91 Å². The minimum atomic E-state index is -1.71. The topological polar surface area (TPSA) is 153 Å². The summed E-state index contributed by atoms with van der Waals surface area (Å²) < 4.78 is 12.2. The molecule has 29 heavy (non-hydrogen) atoms. The van der Waals surface area contributed by atoms with E-state index in [0.29, 0.717) is 21.4 Å². The summed E-state index contributed by atoms with van der Waals surface area (Å²) >= 11 is 4.08. The van der Waals surface area contributed by atoms with Gasteiger partial charge in [0, 0.05) is 28.6 Å². The normalized spacial score (nSPS) is 22.9. The number of amides is 2. The Morgan fingerprint density at radius 2 is 2.24 bits per heavy atom. The molecule has 1 aromatic rings. The number of carboxylic acids is 1. The fourth-order valence-corrected chi connectivity index (χ4v) is 6.61. The summed E-state index contributed by atoms with van der Waals surface area (Å²) in [5.74, 6) is -1.87. The van der Waals surface area contributed by atoms with Gasteiger partial charge in [-0.15, -0.1) is 22.0 Å². The van der Waals surface area contributed by atoms with Crippen LogP contribution in [0.15, 0.2) is 15.6 Å². The second-order valence-electron chi connectivity index (χ2n) is 6.04. The molecule has 0 saturated carbocycles. The molecule has 1 aromatic heterocycles. The number of carbonyl (C=O) groups is 3. The highest BCUT2D eigenvalue weighted by Gasteiger charge is 2.54. The lowest BCUT2D eigenvalue weighted by molar-refractivity contribution is -0.150. The van der Waals surface area contributed by atoms with Gasteiger partial charge in [-0.1, -0.05) is 23.1 Å². The Kier molecular flexibility index (Phi) is 6.62. The minimum Gasteiger partial charge on any atom is -0.477 e.